The Labute approximate surface area is 344 Å². The Morgan fingerprint density at radius 2 is 0.700 bits per heavy atom. The minimum atomic E-state index is 0.618. The summed E-state index contributed by atoms with van der Waals surface area (Å²) < 4.78 is 9.47. The second-order valence-electron chi connectivity index (χ2n) is 15.6. The Balaban J connectivity index is 1.21. The zero-order valence-electron chi connectivity index (χ0n) is 32.3. The zero-order valence-corrected chi connectivity index (χ0v) is 32.3. The maximum absolute atomic E-state index is 11.3. The van der Waals surface area contributed by atoms with Gasteiger partial charge in [-0.3, -0.25) is 0 Å². The molecule has 4 heterocycles. The van der Waals surface area contributed by atoms with Crippen LogP contribution >= 0.6 is 0 Å². The summed E-state index contributed by atoms with van der Waals surface area (Å²) in [7, 11) is 0. The summed E-state index contributed by atoms with van der Waals surface area (Å²) >= 11 is 0. The number of para-hydroxylation sites is 6. The highest BCUT2D eigenvalue weighted by Gasteiger charge is 2.25. The minimum Gasteiger partial charge on any atom is -0.309 e. The van der Waals surface area contributed by atoms with Crippen LogP contribution in [0.1, 0.15) is 5.56 Å². The van der Waals surface area contributed by atoms with Crippen LogP contribution in [0.15, 0.2) is 200 Å². The van der Waals surface area contributed by atoms with Crippen molar-refractivity contribution >= 4 is 87.2 Å². The van der Waals surface area contributed by atoms with Crippen LogP contribution < -0.4 is 0 Å². The molecule has 9 aromatic carbocycles. The second-order valence-corrected chi connectivity index (χ2v) is 15.6. The average molecular weight is 764 g/mol. The van der Waals surface area contributed by atoms with Gasteiger partial charge in [0, 0.05) is 65.8 Å². The van der Waals surface area contributed by atoms with E-state index in [1.54, 1.807) is 0 Å². The lowest BCUT2D eigenvalue weighted by molar-refractivity contribution is 1.16. The summed E-state index contributed by atoms with van der Waals surface area (Å²) in [4.78, 5) is 0. The number of rotatable bonds is 4. The fraction of sp³-hybridized carbons (Fsp3) is 0. The molecule has 0 spiro atoms. The molecular formula is C55H33N5. The van der Waals surface area contributed by atoms with Crippen molar-refractivity contribution < 1.29 is 0 Å². The lowest BCUT2D eigenvalue weighted by Gasteiger charge is -2.13. The van der Waals surface area contributed by atoms with Crippen LogP contribution in [0.2, 0.25) is 0 Å². The van der Waals surface area contributed by atoms with E-state index in [9.17, 15) is 5.26 Å². The summed E-state index contributed by atoms with van der Waals surface area (Å²) in [6, 6.07) is 74.0. The van der Waals surface area contributed by atoms with Gasteiger partial charge in [0.15, 0.2) is 0 Å². The van der Waals surface area contributed by atoms with Gasteiger partial charge in [0.1, 0.15) is 6.07 Å². The number of benzene rings is 9. The van der Waals surface area contributed by atoms with Gasteiger partial charge in [-0.2, -0.15) is 5.26 Å². The molecule has 0 aliphatic carbocycles. The van der Waals surface area contributed by atoms with Crippen molar-refractivity contribution in [1.82, 2.24) is 18.3 Å². The van der Waals surface area contributed by atoms with Crippen LogP contribution in [0.25, 0.3) is 110 Å². The van der Waals surface area contributed by atoms with Gasteiger partial charge in [-0.25, -0.2) is 0 Å². The van der Waals surface area contributed by atoms with Crippen LogP contribution in [0.4, 0.5) is 0 Å². The van der Waals surface area contributed by atoms with Crippen molar-refractivity contribution in [3.63, 3.8) is 0 Å². The lowest BCUT2D eigenvalue weighted by atomic mass is 10.1. The molecule has 5 heteroatoms. The van der Waals surface area contributed by atoms with Gasteiger partial charge in [-0.15, -0.1) is 0 Å². The quantitative estimate of drug-likeness (QED) is 0.176. The smallest absolute Gasteiger partial charge is 0.101 e. The Hall–Kier alpha value is -8.33. The van der Waals surface area contributed by atoms with Gasteiger partial charge < -0.3 is 18.3 Å². The van der Waals surface area contributed by atoms with Crippen LogP contribution in [-0.4, -0.2) is 18.3 Å². The van der Waals surface area contributed by atoms with Crippen molar-refractivity contribution in [2.45, 2.75) is 0 Å². The SMILES string of the molecule is N#Cc1cc(-n2c3ccccc3c3ccc4c(c5ccccc5n4-c4ccccc4)c32)cc2c3ccc4c(c5ccccc5n4-c4ccccc4)c3n(-c3ccccc3)c12. The van der Waals surface area contributed by atoms with Gasteiger partial charge >= 0.3 is 0 Å². The van der Waals surface area contributed by atoms with Gasteiger partial charge in [0.2, 0.25) is 0 Å². The summed E-state index contributed by atoms with van der Waals surface area (Å²) in [5.74, 6) is 0. The molecule has 0 saturated carbocycles. The van der Waals surface area contributed by atoms with Gasteiger partial charge in [-0.05, 0) is 78.9 Å². The van der Waals surface area contributed by atoms with Crippen LogP contribution in [-0.2, 0) is 0 Å². The van der Waals surface area contributed by atoms with Crippen LogP contribution in [0.5, 0.6) is 0 Å². The largest absolute Gasteiger partial charge is 0.309 e. The van der Waals surface area contributed by atoms with Crippen molar-refractivity contribution in [1.29, 1.82) is 5.26 Å². The van der Waals surface area contributed by atoms with E-state index >= 15 is 0 Å². The average Bonchev–Trinajstić information content (AvgIpc) is 4.04. The first kappa shape index (κ1) is 32.7. The number of aromatic nitrogens is 4. The molecule has 13 rings (SSSR count). The summed E-state index contributed by atoms with van der Waals surface area (Å²) in [5.41, 5.74) is 13.6. The molecule has 0 unspecified atom stereocenters. The predicted octanol–water partition coefficient (Wildman–Crippen LogP) is 13.9. The van der Waals surface area contributed by atoms with Crippen LogP contribution in [0.3, 0.4) is 0 Å². The van der Waals surface area contributed by atoms with Crippen LogP contribution in [0, 0.1) is 11.3 Å². The third-order valence-corrected chi connectivity index (χ3v) is 12.5. The molecule has 4 aromatic heterocycles. The van der Waals surface area contributed by atoms with Crippen molar-refractivity contribution in [3.8, 4) is 28.8 Å². The van der Waals surface area contributed by atoms with Gasteiger partial charge in [-0.1, -0.05) is 121 Å². The summed E-state index contributed by atoms with van der Waals surface area (Å²) in [6.45, 7) is 0. The monoisotopic (exact) mass is 763 g/mol. The second kappa shape index (κ2) is 12.3. The molecule has 13 aromatic rings. The summed E-state index contributed by atoms with van der Waals surface area (Å²) in [5, 5.41) is 20.5. The normalized spacial score (nSPS) is 12.0. The highest BCUT2D eigenvalue weighted by molar-refractivity contribution is 6.28. The molecule has 0 radical (unpaired) electrons. The maximum Gasteiger partial charge on any atom is 0.101 e. The Bertz CT molecular complexity index is 3930. The fourth-order valence-electron chi connectivity index (χ4n) is 10.2. The molecule has 0 saturated heterocycles. The van der Waals surface area contributed by atoms with Crippen molar-refractivity contribution in [2.24, 2.45) is 0 Å². The minimum absolute atomic E-state index is 0.618. The third kappa shape index (κ3) is 4.34. The molecule has 5 nitrogen and oxygen atoms in total. The molecule has 0 aliphatic heterocycles. The van der Waals surface area contributed by atoms with E-state index in [0.717, 1.165) is 83.0 Å². The molecule has 0 atom stereocenters. The predicted molar refractivity (Wildman–Crippen MR) is 249 cm³/mol. The highest BCUT2D eigenvalue weighted by Crippen LogP contribution is 2.46. The number of hydrogen-bond acceptors (Lipinski definition) is 1. The topological polar surface area (TPSA) is 43.5 Å². The standard InChI is InChI=1S/C55H33N5/c56-34-35-32-39(59-46-25-13-10-22-40(46)41-28-30-49-51(54(41)59)43-23-11-14-26-47(43)57(49)36-16-4-1-5-17-36)33-45-42-29-31-50-52(55(42)60(53(35)45)38-20-8-3-9-21-38)44-24-12-15-27-48(44)58(50)37-18-6-2-7-19-37/h1-33H. The molecule has 60 heavy (non-hydrogen) atoms. The lowest BCUT2D eigenvalue weighted by Crippen LogP contribution is -1.99. The number of nitriles is 1. The Kier molecular flexibility index (Phi) is 6.73. The molecule has 0 amide bonds. The fourth-order valence-corrected chi connectivity index (χ4v) is 10.2. The van der Waals surface area contributed by atoms with Crippen molar-refractivity contribution in [3.05, 3.63) is 206 Å². The van der Waals surface area contributed by atoms with E-state index in [4.69, 9.17) is 0 Å². The molecule has 278 valence electrons. The first-order valence-corrected chi connectivity index (χ1v) is 20.3. The van der Waals surface area contributed by atoms with E-state index in [2.05, 4.69) is 225 Å². The van der Waals surface area contributed by atoms with E-state index in [1.807, 2.05) is 0 Å². The Morgan fingerprint density at radius 3 is 1.22 bits per heavy atom. The third-order valence-electron chi connectivity index (χ3n) is 12.5. The summed E-state index contributed by atoms with van der Waals surface area (Å²) in [6.07, 6.45) is 0. The molecule has 0 bridgehead atoms. The van der Waals surface area contributed by atoms with E-state index in [-0.39, 0.29) is 0 Å². The van der Waals surface area contributed by atoms with E-state index < -0.39 is 0 Å². The zero-order chi connectivity index (χ0) is 39.5. The Morgan fingerprint density at radius 1 is 0.283 bits per heavy atom. The first-order chi connectivity index (χ1) is 29.8. The maximum atomic E-state index is 11.3. The molecule has 0 fully saturated rings. The number of fused-ring (bicyclic) bond motifs is 14. The number of hydrogen-bond donors (Lipinski definition) is 0. The van der Waals surface area contributed by atoms with E-state index in [1.165, 1.54) is 26.9 Å². The number of nitrogens with zero attached hydrogens (tertiary/aromatic N) is 5. The van der Waals surface area contributed by atoms with E-state index in [0.29, 0.717) is 5.56 Å². The van der Waals surface area contributed by atoms with Gasteiger partial charge in [0.05, 0.1) is 49.7 Å². The molecule has 0 aliphatic rings. The highest BCUT2D eigenvalue weighted by atomic mass is 15.0. The molecule has 0 N–H and O–H groups in total. The van der Waals surface area contributed by atoms with Gasteiger partial charge in [0.25, 0.3) is 0 Å². The van der Waals surface area contributed by atoms with Crippen molar-refractivity contribution in [2.75, 3.05) is 0 Å². The molecular weight excluding hydrogens is 731 g/mol. The first-order valence-electron chi connectivity index (χ1n) is 20.3.